The first kappa shape index (κ1) is 10.3. The summed E-state index contributed by atoms with van der Waals surface area (Å²) in [6.45, 7) is 5.69. The molecule has 2 atom stereocenters. The van der Waals surface area contributed by atoms with Crippen molar-refractivity contribution >= 4 is 0 Å². The van der Waals surface area contributed by atoms with Crippen molar-refractivity contribution in [2.45, 2.75) is 6.92 Å². The third kappa shape index (κ3) is 2.88. The van der Waals surface area contributed by atoms with Gasteiger partial charge in [0.25, 0.3) is 0 Å². The van der Waals surface area contributed by atoms with Crippen LogP contribution in [0.25, 0.3) is 10.4 Å². The van der Waals surface area contributed by atoms with Crippen molar-refractivity contribution < 1.29 is 5.11 Å². The van der Waals surface area contributed by atoms with Gasteiger partial charge in [-0.05, 0) is 17.4 Å². The minimum Gasteiger partial charge on any atom is -0.396 e. The standard InChI is InChI=1S/C8H16N4O/c1-7-4-12(3-2-10-11-9)5-8(7)6-13/h7-8,13H,2-6H2,1H3. The third-order valence-corrected chi connectivity index (χ3v) is 2.66. The molecule has 5 heteroatoms. The second-order valence-electron chi connectivity index (χ2n) is 3.63. The average molecular weight is 184 g/mol. The predicted molar refractivity (Wildman–Crippen MR) is 50.2 cm³/mol. The fourth-order valence-corrected chi connectivity index (χ4v) is 1.79. The Balaban J connectivity index is 2.27. The first-order chi connectivity index (χ1) is 6.27. The van der Waals surface area contributed by atoms with Gasteiger partial charge in [0.2, 0.25) is 0 Å². The Labute approximate surface area is 78.0 Å². The number of likely N-dealkylation sites (tertiary alicyclic amines) is 1. The van der Waals surface area contributed by atoms with E-state index in [2.05, 4.69) is 21.8 Å². The Hall–Kier alpha value is -0.770. The van der Waals surface area contributed by atoms with E-state index in [0.717, 1.165) is 19.6 Å². The quantitative estimate of drug-likeness (QED) is 0.400. The highest BCUT2D eigenvalue weighted by atomic mass is 16.3. The van der Waals surface area contributed by atoms with Crippen LogP contribution >= 0.6 is 0 Å². The summed E-state index contributed by atoms with van der Waals surface area (Å²) < 4.78 is 0. The maximum atomic E-state index is 9.02. The van der Waals surface area contributed by atoms with Crippen molar-refractivity contribution in [3.8, 4) is 0 Å². The van der Waals surface area contributed by atoms with Crippen molar-refractivity contribution in [1.82, 2.24) is 4.90 Å². The molecule has 1 aliphatic rings. The Morgan fingerprint density at radius 1 is 1.62 bits per heavy atom. The molecule has 1 heterocycles. The monoisotopic (exact) mass is 184 g/mol. The van der Waals surface area contributed by atoms with Crippen molar-refractivity contribution in [3.63, 3.8) is 0 Å². The van der Waals surface area contributed by atoms with Crippen LogP contribution in [0, 0.1) is 11.8 Å². The SMILES string of the molecule is CC1CN(CCN=[N+]=[N-])CC1CO. The van der Waals surface area contributed by atoms with Gasteiger partial charge in [-0.25, -0.2) is 0 Å². The van der Waals surface area contributed by atoms with Gasteiger partial charge in [0.05, 0.1) is 0 Å². The van der Waals surface area contributed by atoms with E-state index < -0.39 is 0 Å². The van der Waals surface area contributed by atoms with Crippen LogP contribution in [0.3, 0.4) is 0 Å². The summed E-state index contributed by atoms with van der Waals surface area (Å²) in [7, 11) is 0. The smallest absolute Gasteiger partial charge is 0.0474 e. The van der Waals surface area contributed by atoms with Gasteiger partial charge in [-0.1, -0.05) is 12.0 Å². The molecule has 74 valence electrons. The van der Waals surface area contributed by atoms with Gasteiger partial charge in [-0.2, -0.15) is 0 Å². The highest BCUT2D eigenvalue weighted by molar-refractivity contribution is 4.80. The molecule has 0 aromatic rings. The second-order valence-corrected chi connectivity index (χ2v) is 3.63. The summed E-state index contributed by atoms with van der Waals surface area (Å²) >= 11 is 0. The molecule has 1 fully saturated rings. The largest absolute Gasteiger partial charge is 0.396 e. The van der Waals surface area contributed by atoms with Crippen LogP contribution in [0.1, 0.15) is 6.92 Å². The first-order valence-corrected chi connectivity index (χ1v) is 4.62. The van der Waals surface area contributed by atoms with E-state index in [0.29, 0.717) is 18.4 Å². The topological polar surface area (TPSA) is 72.2 Å². The summed E-state index contributed by atoms with van der Waals surface area (Å²) in [5.74, 6) is 0.946. The number of aliphatic hydroxyl groups excluding tert-OH is 1. The zero-order valence-electron chi connectivity index (χ0n) is 7.93. The van der Waals surface area contributed by atoms with Crippen LogP contribution in [0.5, 0.6) is 0 Å². The van der Waals surface area contributed by atoms with Crippen molar-refractivity contribution in [2.24, 2.45) is 17.0 Å². The molecule has 1 aliphatic heterocycles. The van der Waals surface area contributed by atoms with Gasteiger partial charge in [0.15, 0.2) is 0 Å². The molecule has 0 aromatic heterocycles. The number of hydrogen-bond donors (Lipinski definition) is 1. The minimum atomic E-state index is 0.263. The zero-order chi connectivity index (χ0) is 9.68. The molecule has 0 bridgehead atoms. The predicted octanol–water partition coefficient (Wildman–Crippen LogP) is 0.857. The molecular weight excluding hydrogens is 168 g/mol. The third-order valence-electron chi connectivity index (χ3n) is 2.66. The molecule has 0 aliphatic carbocycles. The summed E-state index contributed by atoms with van der Waals surface area (Å²) in [5.41, 5.74) is 8.09. The van der Waals surface area contributed by atoms with Gasteiger partial charge in [-0.3, -0.25) is 0 Å². The molecule has 0 radical (unpaired) electrons. The van der Waals surface area contributed by atoms with Crippen LogP contribution < -0.4 is 0 Å². The van der Waals surface area contributed by atoms with E-state index >= 15 is 0 Å². The molecular formula is C8H16N4O. The Bertz CT molecular complexity index is 202. The van der Waals surface area contributed by atoms with E-state index in [9.17, 15) is 0 Å². The molecule has 0 saturated carbocycles. The number of hydrogen-bond acceptors (Lipinski definition) is 3. The highest BCUT2D eigenvalue weighted by Crippen LogP contribution is 2.21. The fraction of sp³-hybridized carbons (Fsp3) is 1.00. The molecule has 13 heavy (non-hydrogen) atoms. The fourth-order valence-electron chi connectivity index (χ4n) is 1.79. The number of nitrogens with zero attached hydrogens (tertiary/aromatic N) is 4. The first-order valence-electron chi connectivity index (χ1n) is 4.62. The number of azide groups is 1. The normalized spacial score (nSPS) is 28.8. The maximum absolute atomic E-state index is 9.02. The molecule has 5 nitrogen and oxygen atoms in total. The number of rotatable bonds is 4. The Morgan fingerprint density at radius 2 is 2.38 bits per heavy atom. The van der Waals surface area contributed by atoms with Crippen LogP contribution in [0.15, 0.2) is 5.11 Å². The Kier molecular flexibility index (Phi) is 4.02. The molecule has 2 unspecified atom stereocenters. The lowest BCUT2D eigenvalue weighted by atomic mass is 10.00. The van der Waals surface area contributed by atoms with E-state index in [1.54, 1.807) is 0 Å². The van der Waals surface area contributed by atoms with Gasteiger partial charge < -0.3 is 10.0 Å². The van der Waals surface area contributed by atoms with Crippen LogP contribution in [-0.4, -0.2) is 42.8 Å². The zero-order valence-corrected chi connectivity index (χ0v) is 7.93. The highest BCUT2D eigenvalue weighted by Gasteiger charge is 2.27. The van der Waals surface area contributed by atoms with Gasteiger partial charge >= 0.3 is 0 Å². The van der Waals surface area contributed by atoms with E-state index in [1.165, 1.54) is 0 Å². The summed E-state index contributed by atoms with van der Waals surface area (Å²) in [6, 6.07) is 0. The van der Waals surface area contributed by atoms with E-state index in [4.69, 9.17) is 10.6 Å². The van der Waals surface area contributed by atoms with Gasteiger partial charge in [-0.15, -0.1) is 0 Å². The van der Waals surface area contributed by atoms with Crippen molar-refractivity contribution in [3.05, 3.63) is 10.4 Å². The molecule has 1 N–H and O–H groups in total. The van der Waals surface area contributed by atoms with E-state index in [-0.39, 0.29) is 6.61 Å². The molecule has 0 aromatic carbocycles. The Morgan fingerprint density at radius 3 is 2.92 bits per heavy atom. The summed E-state index contributed by atoms with van der Waals surface area (Å²) in [4.78, 5) is 4.94. The van der Waals surface area contributed by atoms with Crippen LogP contribution in [0.4, 0.5) is 0 Å². The molecule has 0 amide bonds. The lowest BCUT2D eigenvalue weighted by Crippen LogP contribution is -2.24. The van der Waals surface area contributed by atoms with Crippen LogP contribution in [0.2, 0.25) is 0 Å². The van der Waals surface area contributed by atoms with Gasteiger partial charge in [0.1, 0.15) is 0 Å². The van der Waals surface area contributed by atoms with Crippen molar-refractivity contribution in [2.75, 3.05) is 32.8 Å². The summed E-state index contributed by atoms with van der Waals surface area (Å²) in [5, 5.41) is 12.5. The lowest BCUT2D eigenvalue weighted by Gasteiger charge is -2.12. The number of aliphatic hydroxyl groups is 1. The molecule has 0 spiro atoms. The minimum absolute atomic E-state index is 0.263. The lowest BCUT2D eigenvalue weighted by molar-refractivity contribution is 0.206. The molecule has 1 rings (SSSR count). The second kappa shape index (κ2) is 5.07. The summed E-state index contributed by atoms with van der Waals surface area (Å²) in [6.07, 6.45) is 0. The average Bonchev–Trinajstić information content (AvgIpc) is 2.47. The van der Waals surface area contributed by atoms with E-state index in [1.807, 2.05) is 0 Å². The van der Waals surface area contributed by atoms with Gasteiger partial charge in [0, 0.05) is 37.7 Å². The maximum Gasteiger partial charge on any atom is 0.0474 e. The van der Waals surface area contributed by atoms with Crippen LogP contribution in [-0.2, 0) is 0 Å². The van der Waals surface area contributed by atoms with Crippen molar-refractivity contribution in [1.29, 1.82) is 0 Å². The molecule has 1 saturated heterocycles.